The van der Waals surface area contributed by atoms with Crippen LogP contribution in [-0.2, 0) is 16.7 Å². The first-order chi connectivity index (χ1) is 15.5. The average Bonchev–Trinajstić information content (AvgIpc) is 3.03. The first kappa shape index (κ1) is 22.8. The van der Waals surface area contributed by atoms with Crippen LogP contribution < -0.4 is 10.5 Å². The molecular formula is C27H32N2O4. The molecule has 6 nitrogen and oxygen atoms in total. The lowest BCUT2D eigenvalue weighted by Gasteiger charge is -2.35. The topological polar surface area (TPSA) is 86.7 Å². The zero-order valence-electron chi connectivity index (χ0n) is 20.4. The Morgan fingerprint density at radius 2 is 1.79 bits per heavy atom. The molecule has 3 aromatic rings. The fourth-order valence-corrected chi connectivity index (χ4v) is 5.08. The number of nitrogens with zero attached hydrogens (tertiary/aromatic N) is 1. The lowest BCUT2D eigenvalue weighted by molar-refractivity contribution is 0.0528. The van der Waals surface area contributed by atoms with Gasteiger partial charge in [0.15, 0.2) is 0 Å². The molecule has 6 heteroatoms. The van der Waals surface area contributed by atoms with Gasteiger partial charge in [-0.15, -0.1) is 0 Å². The molecule has 3 N–H and O–H groups in total. The van der Waals surface area contributed by atoms with E-state index in [4.69, 9.17) is 15.2 Å². The maximum Gasteiger partial charge on any atom is 0.340 e. The third kappa shape index (κ3) is 3.45. The fraction of sp³-hybridized carbons (Fsp3) is 0.370. The Labute approximate surface area is 194 Å². The number of hydrogen-bond donors (Lipinski definition) is 2. The number of carbonyl (C=O) groups is 1. The molecule has 2 heterocycles. The summed E-state index contributed by atoms with van der Waals surface area (Å²) in [5, 5.41) is 10.3. The van der Waals surface area contributed by atoms with Crippen LogP contribution in [0.5, 0.6) is 11.5 Å². The number of rotatable bonds is 4. The number of ether oxygens (including phenoxy) is 2. The maximum atomic E-state index is 13.4. The average molecular weight is 449 g/mol. The Morgan fingerprint density at radius 1 is 1.15 bits per heavy atom. The van der Waals surface area contributed by atoms with Crippen LogP contribution in [0.1, 0.15) is 53.5 Å². The van der Waals surface area contributed by atoms with Gasteiger partial charge in [-0.2, -0.15) is 0 Å². The summed E-state index contributed by atoms with van der Waals surface area (Å²) in [6.07, 6.45) is 0. The van der Waals surface area contributed by atoms with Gasteiger partial charge in [0.25, 0.3) is 0 Å². The lowest BCUT2D eigenvalue weighted by Crippen LogP contribution is -2.30. The van der Waals surface area contributed by atoms with Gasteiger partial charge >= 0.3 is 5.97 Å². The van der Waals surface area contributed by atoms with Crippen molar-refractivity contribution in [2.24, 2.45) is 0 Å². The number of benzene rings is 2. The second-order valence-electron chi connectivity index (χ2n) is 9.47. The Morgan fingerprint density at radius 3 is 2.36 bits per heavy atom. The first-order valence-electron chi connectivity index (χ1n) is 11.2. The van der Waals surface area contributed by atoms with Gasteiger partial charge in [0.05, 0.1) is 30.7 Å². The van der Waals surface area contributed by atoms with E-state index in [1.807, 2.05) is 52.0 Å². The fourth-order valence-electron chi connectivity index (χ4n) is 5.08. The number of esters is 1. The zero-order chi connectivity index (χ0) is 24.2. The van der Waals surface area contributed by atoms with Crippen LogP contribution in [-0.4, -0.2) is 29.4 Å². The molecule has 0 bridgehead atoms. The monoisotopic (exact) mass is 448 g/mol. The van der Waals surface area contributed by atoms with Gasteiger partial charge in [-0.1, -0.05) is 13.8 Å². The molecule has 0 spiro atoms. The van der Waals surface area contributed by atoms with Crippen LogP contribution in [0.15, 0.2) is 24.3 Å². The van der Waals surface area contributed by atoms with Crippen LogP contribution in [0.25, 0.3) is 22.4 Å². The van der Waals surface area contributed by atoms with E-state index < -0.39 is 0 Å². The van der Waals surface area contributed by atoms with E-state index in [0.717, 1.165) is 44.8 Å². The van der Waals surface area contributed by atoms with Gasteiger partial charge in [-0.25, -0.2) is 4.79 Å². The third-order valence-electron chi connectivity index (χ3n) is 6.69. The highest BCUT2D eigenvalue weighted by atomic mass is 16.5. The number of hydrogen-bond acceptors (Lipinski definition) is 5. The minimum Gasteiger partial charge on any atom is -0.507 e. The summed E-state index contributed by atoms with van der Waals surface area (Å²) in [6.45, 7) is 12.9. The third-order valence-corrected chi connectivity index (χ3v) is 6.69. The largest absolute Gasteiger partial charge is 0.507 e. The van der Waals surface area contributed by atoms with Gasteiger partial charge in [0.1, 0.15) is 11.5 Å². The highest BCUT2D eigenvalue weighted by Gasteiger charge is 2.38. The molecule has 1 aliphatic heterocycles. The molecule has 0 aliphatic carbocycles. The molecular weight excluding hydrogens is 416 g/mol. The Bertz CT molecular complexity index is 1260. The molecule has 1 aromatic heterocycles. The van der Waals surface area contributed by atoms with Crippen molar-refractivity contribution in [3.05, 3.63) is 52.2 Å². The molecule has 0 amide bonds. The summed E-state index contributed by atoms with van der Waals surface area (Å²) in [5.41, 5.74) is 14.2. The van der Waals surface area contributed by atoms with Gasteiger partial charge in [0, 0.05) is 28.8 Å². The SMILES string of the molecule is CCOC(=O)c1c(-c2cc(C)c(O)c(C)c2)c(C)n2c1-c1cc(N)c(OC)cc1C(C)(C)C2. The molecule has 33 heavy (non-hydrogen) atoms. The second-order valence-corrected chi connectivity index (χ2v) is 9.47. The van der Waals surface area contributed by atoms with Crippen molar-refractivity contribution >= 4 is 11.7 Å². The van der Waals surface area contributed by atoms with Crippen LogP contribution in [0, 0.1) is 20.8 Å². The van der Waals surface area contributed by atoms with Crippen molar-refractivity contribution in [3.63, 3.8) is 0 Å². The van der Waals surface area contributed by atoms with E-state index in [2.05, 4.69) is 18.4 Å². The molecule has 174 valence electrons. The van der Waals surface area contributed by atoms with Crippen LogP contribution >= 0.6 is 0 Å². The van der Waals surface area contributed by atoms with Crippen LogP contribution in [0.2, 0.25) is 0 Å². The highest BCUT2D eigenvalue weighted by molar-refractivity contribution is 6.06. The summed E-state index contributed by atoms with van der Waals surface area (Å²) in [6, 6.07) is 7.74. The van der Waals surface area contributed by atoms with E-state index in [1.54, 1.807) is 7.11 Å². The van der Waals surface area contributed by atoms with Crippen molar-refractivity contribution in [2.45, 2.75) is 53.5 Å². The standard InChI is InChI=1S/C27H32N2O4/c1-8-33-26(31)23-22(17-9-14(2)25(30)15(3)10-17)16(4)29-13-27(5,6)19-12-21(32-7)20(28)11-18(19)24(23)29/h9-12,30H,8,13,28H2,1-7H3. The number of anilines is 1. The molecule has 0 radical (unpaired) electrons. The summed E-state index contributed by atoms with van der Waals surface area (Å²) < 4.78 is 13.2. The number of nitrogens with two attached hydrogens (primary N) is 1. The number of fused-ring (bicyclic) bond motifs is 3. The number of methoxy groups -OCH3 is 1. The van der Waals surface area contributed by atoms with E-state index in [0.29, 0.717) is 23.5 Å². The summed E-state index contributed by atoms with van der Waals surface area (Å²) in [4.78, 5) is 13.4. The number of phenolic OH excluding ortho intramolecular Hbond substituents is 1. The molecule has 0 atom stereocenters. The van der Waals surface area contributed by atoms with Gasteiger partial charge in [0.2, 0.25) is 0 Å². The predicted molar refractivity (Wildman–Crippen MR) is 131 cm³/mol. The number of nitrogen functional groups attached to an aromatic ring is 1. The second kappa shape index (κ2) is 7.87. The highest BCUT2D eigenvalue weighted by Crippen LogP contribution is 2.49. The molecule has 0 saturated heterocycles. The van der Waals surface area contributed by atoms with E-state index in [1.165, 1.54) is 0 Å². The van der Waals surface area contributed by atoms with E-state index in [-0.39, 0.29) is 23.7 Å². The van der Waals surface area contributed by atoms with Gasteiger partial charge < -0.3 is 24.9 Å². The minimum absolute atomic E-state index is 0.211. The molecule has 0 saturated carbocycles. The maximum absolute atomic E-state index is 13.4. The van der Waals surface area contributed by atoms with Crippen molar-refractivity contribution in [2.75, 3.05) is 19.5 Å². The lowest BCUT2D eigenvalue weighted by atomic mass is 9.77. The van der Waals surface area contributed by atoms with Gasteiger partial charge in [-0.3, -0.25) is 0 Å². The molecule has 1 aliphatic rings. The van der Waals surface area contributed by atoms with Crippen molar-refractivity contribution in [1.29, 1.82) is 0 Å². The first-order valence-corrected chi connectivity index (χ1v) is 11.2. The summed E-state index contributed by atoms with van der Waals surface area (Å²) in [7, 11) is 1.61. The number of aromatic hydroxyl groups is 1. The summed E-state index contributed by atoms with van der Waals surface area (Å²) in [5.74, 6) is 0.526. The van der Waals surface area contributed by atoms with Gasteiger partial charge in [-0.05, 0) is 74.2 Å². The smallest absolute Gasteiger partial charge is 0.340 e. The van der Waals surface area contributed by atoms with Crippen LogP contribution in [0.4, 0.5) is 5.69 Å². The number of aryl methyl sites for hydroxylation is 2. The van der Waals surface area contributed by atoms with Crippen molar-refractivity contribution in [3.8, 4) is 33.9 Å². The summed E-state index contributed by atoms with van der Waals surface area (Å²) >= 11 is 0. The number of carbonyl (C=O) groups excluding carboxylic acids is 1. The zero-order valence-corrected chi connectivity index (χ0v) is 20.4. The molecule has 2 aromatic carbocycles. The molecule has 0 fully saturated rings. The normalized spacial score (nSPS) is 13.9. The van der Waals surface area contributed by atoms with E-state index >= 15 is 0 Å². The Balaban J connectivity index is 2.12. The van der Waals surface area contributed by atoms with Crippen molar-refractivity contribution in [1.82, 2.24) is 4.57 Å². The Kier molecular flexibility index (Phi) is 5.43. The Hall–Kier alpha value is -3.41. The predicted octanol–water partition coefficient (Wildman–Crippen LogP) is 5.51. The number of phenols is 1. The van der Waals surface area contributed by atoms with E-state index in [9.17, 15) is 9.90 Å². The molecule has 4 rings (SSSR count). The quantitative estimate of drug-likeness (QED) is 0.406. The minimum atomic E-state index is -0.368. The number of aromatic nitrogens is 1. The molecule has 0 unspecified atom stereocenters. The van der Waals surface area contributed by atoms with Crippen LogP contribution in [0.3, 0.4) is 0 Å². The van der Waals surface area contributed by atoms with Crippen molar-refractivity contribution < 1.29 is 19.4 Å².